The van der Waals surface area contributed by atoms with Crippen LogP contribution in [-0.2, 0) is 6.54 Å². The molecule has 7 heteroatoms. The lowest BCUT2D eigenvalue weighted by molar-refractivity contribution is 0.401. The average molecular weight is 413 g/mol. The monoisotopic (exact) mass is 412 g/mol. The van der Waals surface area contributed by atoms with Crippen LogP contribution in [0.1, 0.15) is 37.2 Å². The number of nitriles is 1. The van der Waals surface area contributed by atoms with Crippen molar-refractivity contribution >= 4 is 38.9 Å². The average Bonchev–Trinajstić information content (AvgIpc) is 3.18. The number of thioether (sulfide) groups is 1. The molecule has 0 saturated carbocycles. The summed E-state index contributed by atoms with van der Waals surface area (Å²) in [5.41, 5.74) is 3.20. The molecule has 1 atom stereocenters. The summed E-state index contributed by atoms with van der Waals surface area (Å²) in [6, 6.07) is 9.88. The van der Waals surface area contributed by atoms with E-state index in [2.05, 4.69) is 41.4 Å². The number of para-hydroxylation sites is 1. The number of aliphatic hydroxyl groups is 1. The highest BCUT2D eigenvalue weighted by atomic mass is 32.2. The third-order valence-corrected chi connectivity index (χ3v) is 6.67. The number of aromatic nitrogens is 3. The number of hydrogen-bond acceptors (Lipinski definition) is 6. The third kappa shape index (κ3) is 4.08. The van der Waals surface area contributed by atoms with Gasteiger partial charge < -0.3 is 9.67 Å². The minimum absolute atomic E-state index is 0.0426. The molecule has 1 N–H and O–H groups in total. The predicted octanol–water partition coefficient (Wildman–Crippen LogP) is 5.74. The predicted molar refractivity (Wildman–Crippen MR) is 117 cm³/mol. The lowest BCUT2D eigenvalue weighted by Gasteiger charge is -2.15. The van der Waals surface area contributed by atoms with Gasteiger partial charge in [-0.3, -0.25) is 0 Å². The first-order valence-electron chi connectivity index (χ1n) is 9.21. The summed E-state index contributed by atoms with van der Waals surface area (Å²) in [4.78, 5) is 9.19. The molecular formula is C21H24N4OS2. The summed E-state index contributed by atoms with van der Waals surface area (Å²) >= 11 is 2.89. The van der Waals surface area contributed by atoms with Crippen LogP contribution < -0.4 is 0 Å². The largest absolute Gasteiger partial charge is 0.510 e. The first kappa shape index (κ1) is 20.4. The Kier molecular flexibility index (Phi) is 6.11. The van der Waals surface area contributed by atoms with Crippen molar-refractivity contribution in [3.8, 4) is 6.07 Å². The Morgan fingerprint density at radius 3 is 2.61 bits per heavy atom. The molecule has 3 aromatic rings. The number of benzene rings is 1. The van der Waals surface area contributed by atoms with Gasteiger partial charge in [0.05, 0.1) is 21.2 Å². The fourth-order valence-corrected chi connectivity index (χ4v) is 4.95. The van der Waals surface area contributed by atoms with Gasteiger partial charge in [0.2, 0.25) is 0 Å². The zero-order chi connectivity index (χ0) is 20.4. The molecule has 0 aliphatic rings. The van der Waals surface area contributed by atoms with E-state index in [9.17, 15) is 10.4 Å². The Morgan fingerprint density at radius 1 is 1.25 bits per heavy atom. The van der Waals surface area contributed by atoms with Gasteiger partial charge in [-0.1, -0.05) is 37.7 Å². The number of imidazole rings is 1. The first-order chi connectivity index (χ1) is 13.3. The summed E-state index contributed by atoms with van der Waals surface area (Å²) in [6.07, 6.45) is 0. The van der Waals surface area contributed by atoms with Gasteiger partial charge in [0, 0.05) is 12.2 Å². The Bertz CT molecular complexity index is 1040. The fourth-order valence-electron chi connectivity index (χ4n) is 2.90. The van der Waals surface area contributed by atoms with E-state index in [1.165, 1.54) is 23.1 Å². The van der Waals surface area contributed by atoms with Crippen molar-refractivity contribution in [2.45, 2.75) is 51.6 Å². The second kappa shape index (κ2) is 8.38. The van der Waals surface area contributed by atoms with E-state index < -0.39 is 0 Å². The highest BCUT2D eigenvalue weighted by molar-refractivity contribution is 7.99. The SMILES string of the molecule is Cc1nc(SC(C)/C(O)=C(/C#N)c2nc3ccccc3s2)n(CC(C)C)c1C. The zero-order valence-corrected chi connectivity index (χ0v) is 18.4. The molecule has 1 aromatic carbocycles. The second-order valence-electron chi connectivity index (χ2n) is 7.19. The molecular weight excluding hydrogens is 388 g/mol. The number of fused-ring (bicyclic) bond motifs is 1. The number of rotatable bonds is 6. The highest BCUT2D eigenvalue weighted by Crippen LogP contribution is 2.34. The van der Waals surface area contributed by atoms with Gasteiger partial charge in [0.15, 0.2) is 5.16 Å². The van der Waals surface area contributed by atoms with Gasteiger partial charge in [-0.2, -0.15) is 5.26 Å². The van der Waals surface area contributed by atoms with Crippen LogP contribution in [0.15, 0.2) is 35.2 Å². The fraction of sp³-hybridized carbons (Fsp3) is 0.381. The summed E-state index contributed by atoms with van der Waals surface area (Å²) in [5, 5.41) is 21.6. The highest BCUT2D eigenvalue weighted by Gasteiger charge is 2.22. The van der Waals surface area contributed by atoms with Crippen molar-refractivity contribution in [2.75, 3.05) is 0 Å². The Hall–Kier alpha value is -2.30. The number of allylic oxidation sites excluding steroid dienone is 1. The standard InChI is InChI=1S/C21H24N4OS2/c1-12(2)11-25-14(4)13(3)23-21(25)27-15(5)19(26)16(10-22)20-24-17-8-6-7-9-18(17)28-20/h6-9,12,15,26H,11H2,1-5H3/b19-16+. The molecule has 1 unspecified atom stereocenters. The number of hydrogen-bond donors (Lipinski definition) is 1. The van der Waals surface area contributed by atoms with Crippen molar-refractivity contribution in [3.05, 3.63) is 46.4 Å². The lowest BCUT2D eigenvalue weighted by Crippen LogP contribution is -2.10. The third-order valence-electron chi connectivity index (χ3n) is 4.51. The Balaban J connectivity index is 1.93. The van der Waals surface area contributed by atoms with Gasteiger partial charge >= 0.3 is 0 Å². The van der Waals surface area contributed by atoms with E-state index in [1.807, 2.05) is 38.1 Å². The van der Waals surface area contributed by atoms with Crippen LogP contribution >= 0.6 is 23.1 Å². The summed E-state index contributed by atoms with van der Waals surface area (Å²) in [7, 11) is 0. The molecule has 0 amide bonds. The van der Waals surface area contributed by atoms with Crippen molar-refractivity contribution < 1.29 is 5.11 Å². The molecule has 146 valence electrons. The van der Waals surface area contributed by atoms with Crippen LogP contribution in [0.4, 0.5) is 0 Å². The minimum atomic E-state index is -0.311. The summed E-state index contributed by atoms with van der Waals surface area (Å²) in [5.74, 6) is 0.532. The van der Waals surface area contributed by atoms with Crippen LogP contribution in [-0.4, -0.2) is 24.9 Å². The topological polar surface area (TPSA) is 74.7 Å². The Morgan fingerprint density at radius 2 is 1.96 bits per heavy atom. The quantitative estimate of drug-likeness (QED) is 0.317. The molecule has 28 heavy (non-hydrogen) atoms. The summed E-state index contributed by atoms with van der Waals surface area (Å²) < 4.78 is 3.19. The van der Waals surface area contributed by atoms with Crippen molar-refractivity contribution in [1.82, 2.24) is 14.5 Å². The molecule has 2 heterocycles. The maximum atomic E-state index is 10.8. The molecule has 0 aliphatic carbocycles. The van der Waals surface area contributed by atoms with Crippen LogP contribution in [0.3, 0.4) is 0 Å². The molecule has 0 fully saturated rings. The van der Waals surface area contributed by atoms with E-state index in [0.717, 1.165) is 33.3 Å². The van der Waals surface area contributed by atoms with Gasteiger partial charge in [-0.25, -0.2) is 9.97 Å². The van der Waals surface area contributed by atoms with Crippen LogP contribution in [0, 0.1) is 31.1 Å². The molecule has 0 aliphatic heterocycles. The molecule has 5 nitrogen and oxygen atoms in total. The number of aliphatic hydroxyl groups excluding tert-OH is 1. The molecule has 0 radical (unpaired) electrons. The van der Waals surface area contributed by atoms with Gasteiger partial charge in [0.25, 0.3) is 0 Å². The maximum Gasteiger partial charge on any atom is 0.169 e. The number of aryl methyl sites for hydroxylation is 1. The molecule has 0 bridgehead atoms. The normalized spacial score (nSPS) is 13.6. The van der Waals surface area contributed by atoms with Gasteiger partial charge in [0.1, 0.15) is 22.4 Å². The van der Waals surface area contributed by atoms with Crippen molar-refractivity contribution in [3.63, 3.8) is 0 Å². The molecule has 3 rings (SSSR count). The Labute approximate surface area is 173 Å². The zero-order valence-electron chi connectivity index (χ0n) is 16.7. The molecule has 0 saturated heterocycles. The second-order valence-corrected chi connectivity index (χ2v) is 9.53. The van der Waals surface area contributed by atoms with E-state index in [0.29, 0.717) is 10.9 Å². The number of thiazole rings is 1. The molecule has 2 aromatic heterocycles. The lowest BCUT2D eigenvalue weighted by atomic mass is 10.2. The van der Waals surface area contributed by atoms with E-state index >= 15 is 0 Å². The van der Waals surface area contributed by atoms with E-state index in [1.54, 1.807) is 0 Å². The van der Waals surface area contributed by atoms with Gasteiger partial charge in [-0.05, 0) is 38.8 Å². The minimum Gasteiger partial charge on any atom is -0.510 e. The smallest absolute Gasteiger partial charge is 0.169 e. The van der Waals surface area contributed by atoms with Crippen molar-refractivity contribution in [2.24, 2.45) is 5.92 Å². The maximum absolute atomic E-state index is 10.8. The van der Waals surface area contributed by atoms with Crippen LogP contribution in [0.5, 0.6) is 0 Å². The van der Waals surface area contributed by atoms with Crippen LogP contribution in [0.25, 0.3) is 15.8 Å². The van der Waals surface area contributed by atoms with E-state index in [-0.39, 0.29) is 16.6 Å². The van der Waals surface area contributed by atoms with E-state index in [4.69, 9.17) is 0 Å². The first-order valence-corrected chi connectivity index (χ1v) is 10.9. The van der Waals surface area contributed by atoms with Crippen molar-refractivity contribution in [1.29, 1.82) is 5.26 Å². The van der Waals surface area contributed by atoms with Crippen LogP contribution in [0.2, 0.25) is 0 Å². The summed E-state index contributed by atoms with van der Waals surface area (Å²) in [6.45, 7) is 11.2. The number of nitrogens with zero attached hydrogens (tertiary/aromatic N) is 4. The van der Waals surface area contributed by atoms with Gasteiger partial charge in [-0.15, -0.1) is 11.3 Å². The molecule has 0 spiro atoms.